The summed E-state index contributed by atoms with van der Waals surface area (Å²) in [5, 5.41) is 2.97. The normalized spacial score (nSPS) is 14.4. The monoisotopic (exact) mass is 497 g/mol. The first-order valence-corrected chi connectivity index (χ1v) is 12.5. The summed E-state index contributed by atoms with van der Waals surface area (Å²) in [5.41, 5.74) is 6.18. The number of imidazole rings is 1. The molecule has 4 N–H and O–H groups in total. The quantitative estimate of drug-likeness (QED) is 0.431. The average molecular weight is 498 g/mol. The molecule has 12 heteroatoms. The van der Waals surface area contributed by atoms with Crippen molar-refractivity contribution in [2.45, 2.75) is 39.2 Å². The highest BCUT2D eigenvalue weighted by atomic mass is 32.2. The maximum absolute atomic E-state index is 13.0. The highest BCUT2D eigenvalue weighted by molar-refractivity contribution is 7.91. The minimum atomic E-state index is -3.89. The van der Waals surface area contributed by atoms with Crippen LogP contribution in [-0.2, 0) is 16.6 Å². The predicted molar refractivity (Wildman–Crippen MR) is 132 cm³/mol. The molecule has 0 saturated heterocycles. The number of benzene rings is 1. The first-order chi connectivity index (χ1) is 16.6. The summed E-state index contributed by atoms with van der Waals surface area (Å²) >= 11 is 0. The van der Waals surface area contributed by atoms with Gasteiger partial charge in [-0.05, 0) is 44.5 Å². The third-order valence-electron chi connectivity index (χ3n) is 5.23. The Labute approximate surface area is 203 Å². The molecule has 11 nitrogen and oxygen atoms in total. The second kappa shape index (κ2) is 9.37. The van der Waals surface area contributed by atoms with Gasteiger partial charge in [0.15, 0.2) is 5.84 Å². The van der Waals surface area contributed by atoms with Crippen LogP contribution in [0.5, 0.6) is 5.75 Å². The molecule has 0 aliphatic carbocycles. The van der Waals surface area contributed by atoms with Gasteiger partial charge in [-0.1, -0.05) is 13.0 Å². The van der Waals surface area contributed by atoms with E-state index >= 15 is 0 Å². The lowest BCUT2D eigenvalue weighted by Gasteiger charge is -2.27. The summed E-state index contributed by atoms with van der Waals surface area (Å²) in [6, 6.07) is 8.23. The van der Waals surface area contributed by atoms with Crippen molar-refractivity contribution in [2.75, 3.05) is 11.3 Å². The number of carbonyl (C=O) groups is 1. The van der Waals surface area contributed by atoms with Crippen molar-refractivity contribution in [3.8, 4) is 11.6 Å². The smallest absolute Gasteiger partial charge is 0.344 e. The van der Waals surface area contributed by atoms with E-state index in [4.69, 9.17) is 10.5 Å². The molecular formula is C23H27N7O4S. The Morgan fingerprint density at radius 3 is 2.80 bits per heavy atom. The summed E-state index contributed by atoms with van der Waals surface area (Å²) in [6.45, 7) is 5.80. The van der Waals surface area contributed by atoms with E-state index in [2.05, 4.69) is 31.3 Å². The van der Waals surface area contributed by atoms with Crippen LogP contribution in [-0.4, -0.2) is 46.8 Å². The van der Waals surface area contributed by atoms with Crippen molar-refractivity contribution in [1.29, 1.82) is 0 Å². The lowest BCUT2D eigenvalue weighted by Crippen LogP contribution is -2.48. The number of aryl methyl sites for hydroxylation is 1. The predicted octanol–water partition coefficient (Wildman–Crippen LogP) is 2.18. The fourth-order valence-corrected chi connectivity index (χ4v) is 4.50. The highest BCUT2D eigenvalue weighted by Gasteiger charge is 2.27. The van der Waals surface area contributed by atoms with Crippen molar-refractivity contribution in [3.05, 3.63) is 65.9 Å². The molecule has 3 heterocycles. The number of pyridine rings is 1. The number of carbonyl (C=O) groups excluding carboxylic acids is 1. The van der Waals surface area contributed by atoms with Gasteiger partial charge in [0.25, 0.3) is 5.91 Å². The summed E-state index contributed by atoms with van der Waals surface area (Å²) in [7, 11) is -3.89. The molecule has 2 aromatic heterocycles. The molecule has 0 atom stereocenters. The fourth-order valence-electron chi connectivity index (χ4n) is 3.65. The zero-order valence-corrected chi connectivity index (χ0v) is 20.5. The van der Waals surface area contributed by atoms with Crippen molar-refractivity contribution < 1.29 is 17.9 Å². The first-order valence-electron chi connectivity index (χ1n) is 11.0. The van der Waals surface area contributed by atoms with Crippen molar-refractivity contribution in [2.24, 2.45) is 10.1 Å². The van der Waals surface area contributed by atoms with Crippen molar-refractivity contribution >= 4 is 27.6 Å². The van der Waals surface area contributed by atoms with Crippen LogP contribution in [0.1, 0.15) is 48.9 Å². The Kier molecular flexibility index (Phi) is 6.48. The van der Waals surface area contributed by atoms with E-state index in [0.717, 1.165) is 18.7 Å². The Hall–Kier alpha value is -3.93. The van der Waals surface area contributed by atoms with E-state index in [1.165, 1.54) is 0 Å². The average Bonchev–Trinajstić information content (AvgIpc) is 3.25. The zero-order chi connectivity index (χ0) is 25.2. The number of nitrogens with zero attached hydrogens (tertiary/aromatic N) is 4. The number of nitrogens with two attached hydrogens (primary N) is 1. The minimum absolute atomic E-state index is 0.0926. The van der Waals surface area contributed by atoms with E-state index in [-0.39, 0.29) is 24.0 Å². The maximum Gasteiger partial charge on any atom is 0.344 e. The third kappa shape index (κ3) is 5.43. The molecule has 184 valence electrons. The number of aromatic nitrogens is 3. The van der Waals surface area contributed by atoms with Gasteiger partial charge >= 0.3 is 10.2 Å². The molecule has 1 aromatic carbocycles. The molecule has 4 rings (SSSR count). The largest absolute Gasteiger partial charge is 0.490 e. The van der Waals surface area contributed by atoms with Crippen LogP contribution in [0.2, 0.25) is 0 Å². The Morgan fingerprint density at radius 2 is 2.03 bits per heavy atom. The number of fused-ring (bicyclic) bond motifs is 1. The number of amides is 1. The summed E-state index contributed by atoms with van der Waals surface area (Å²) < 4.78 is 37.2. The molecular weight excluding hydrogens is 470 g/mol. The van der Waals surface area contributed by atoms with Gasteiger partial charge in [0.1, 0.15) is 24.0 Å². The molecule has 35 heavy (non-hydrogen) atoms. The minimum Gasteiger partial charge on any atom is -0.490 e. The molecule has 0 fully saturated rings. The van der Waals surface area contributed by atoms with Gasteiger partial charge in [-0.25, -0.2) is 9.97 Å². The van der Waals surface area contributed by atoms with Crippen molar-refractivity contribution in [1.82, 2.24) is 19.9 Å². The van der Waals surface area contributed by atoms with E-state index in [9.17, 15) is 13.2 Å². The first kappa shape index (κ1) is 24.2. The molecule has 0 bridgehead atoms. The summed E-state index contributed by atoms with van der Waals surface area (Å²) in [4.78, 5) is 21.8. The van der Waals surface area contributed by atoms with Gasteiger partial charge in [-0.3, -0.25) is 14.1 Å². The Morgan fingerprint density at radius 1 is 1.23 bits per heavy atom. The van der Waals surface area contributed by atoms with E-state index < -0.39 is 15.7 Å². The van der Waals surface area contributed by atoms with Gasteiger partial charge in [0.05, 0.1) is 16.8 Å². The standard InChI is InChI=1S/C23H27N7O4S/c1-4-6-18-26-11-12-30(18)19-13-15(9-10-25-19)22(31)27-23(2,3)14-34-17-8-5-7-16-20(17)21(24)29-35(32,33)28-16/h5,7-13,28H,4,6,14H2,1-3H3,(H2,24,29)(H,27,31). The van der Waals surface area contributed by atoms with Gasteiger partial charge < -0.3 is 15.8 Å². The summed E-state index contributed by atoms with van der Waals surface area (Å²) in [5.74, 6) is 1.39. The molecule has 1 aliphatic heterocycles. The molecule has 0 unspecified atom stereocenters. The Bertz CT molecular complexity index is 1400. The van der Waals surface area contributed by atoms with Crippen LogP contribution < -0.4 is 20.5 Å². The maximum atomic E-state index is 13.0. The van der Waals surface area contributed by atoms with E-state index in [0.29, 0.717) is 22.7 Å². The zero-order valence-electron chi connectivity index (χ0n) is 19.6. The van der Waals surface area contributed by atoms with E-state index in [1.807, 2.05) is 24.6 Å². The van der Waals surface area contributed by atoms with Crippen LogP contribution in [0, 0.1) is 0 Å². The lowest BCUT2D eigenvalue weighted by molar-refractivity contribution is 0.0880. The SMILES string of the molecule is CCCc1nccn1-c1cc(C(=O)NC(C)(C)COc2cccc3c2C(N)=NS(=O)(=O)N3)ccn1. The molecule has 0 spiro atoms. The molecule has 3 aromatic rings. The second-order valence-corrected chi connectivity index (χ2v) is 10.1. The topological polar surface area (TPSA) is 154 Å². The van der Waals surface area contributed by atoms with Crippen LogP contribution in [0.25, 0.3) is 5.82 Å². The fraction of sp³-hybridized carbons (Fsp3) is 0.304. The van der Waals surface area contributed by atoms with Gasteiger partial charge in [-0.15, -0.1) is 4.40 Å². The van der Waals surface area contributed by atoms with Crippen LogP contribution >= 0.6 is 0 Å². The van der Waals surface area contributed by atoms with Crippen LogP contribution in [0.4, 0.5) is 5.69 Å². The number of nitrogens with one attached hydrogen (secondary N) is 2. The third-order valence-corrected chi connectivity index (χ3v) is 6.14. The molecule has 0 radical (unpaired) electrons. The second-order valence-electron chi connectivity index (χ2n) is 8.73. The van der Waals surface area contributed by atoms with Gasteiger partial charge in [0, 0.05) is 30.6 Å². The van der Waals surface area contributed by atoms with Gasteiger partial charge in [-0.2, -0.15) is 8.42 Å². The number of rotatable bonds is 8. The molecule has 0 saturated carbocycles. The van der Waals surface area contributed by atoms with Crippen LogP contribution in [0.15, 0.2) is 53.3 Å². The van der Waals surface area contributed by atoms with E-state index in [1.54, 1.807) is 42.7 Å². The van der Waals surface area contributed by atoms with Crippen molar-refractivity contribution in [3.63, 3.8) is 0 Å². The number of ether oxygens (including phenoxy) is 1. The molecule has 1 amide bonds. The number of amidine groups is 1. The number of anilines is 1. The summed E-state index contributed by atoms with van der Waals surface area (Å²) in [6.07, 6.45) is 6.87. The highest BCUT2D eigenvalue weighted by Crippen LogP contribution is 2.31. The Balaban J connectivity index is 1.47. The molecule has 1 aliphatic rings. The van der Waals surface area contributed by atoms with Gasteiger partial charge in [0.2, 0.25) is 0 Å². The van der Waals surface area contributed by atoms with Crippen LogP contribution in [0.3, 0.4) is 0 Å². The number of hydrogen-bond acceptors (Lipinski definition) is 7. The lowest BCUT2D eigenvalue weighted by atomic mass is 10.1. The number of hydrogen-bond donors (Lipinski definition) is 3.